The molecule has 2 aliphatic rings. The molecule has 0 saturated carbocycles. The summed E-state index contributed by atoms with van der Waals surface area (Å²) < 4.78 is 7.30. The molecular formula is C25H30N6O3. The maximum absolute atomic E-state index is 13.7. The maximum atomic E-state index is 13.7. The second-order valence-corrected chi connectivity index (χ2v) is 9.16. The number of nitrogens with one attached hydrogen (secondary N) is 1. The van der Waals surface area contributed by atoms with Crippen LogP contribution in [-0.4, -0.2) is 57.7 Å². The number of amides is 2. The van der Waals surface area contributed by atoms with Crippen molar-refractivity contribution >= 4 is 29.0 Å². The lowest BCUT2D eigenvalue weighted by atomic mass is 9.97. The third kappa shape index (κ3) is 4.23. The zero-order valence-corrected chi connectivity index (χ0v) is 19.9. The fraction of sp³-hybridized carbons (Fsp3) is 0.440. The number of aryl methyl sites for hydroxylation is 2. The first-order valence-corrected chi connectivity index (χ1v) is 11.8. The molecule has 0 radical (unpaired) electrons. The van der Waals surface area contributed by atoms with Crippen molar-refractivity contribution in [2.45, 2.75) is 46.1 Å². The van der Waals surface area contributed by atoms with Crippen molar-refractivity contribution in [2.24, 2.45) is 0 Å². The van der Waals surface area contributed by atoms with Gasteiger partial charge in [0.15, 0.2) is 5.65 Å². The van der Waals surface area contributed by atoms with Crippen LogP contribution < -0.4 is 10.2 Å². The normalized spacial score (nSPS) is 18.5. The Balaban J connectivity index is 1.49. The second kappa shape index (κ2) is 9.06. The average Bonchev–Trinajstić information content (AvgIpc) is 3.49. The fourth-order valence-corrected chi connectivity index (χ4v) is 4.85. The number of nitrogens with zero attached hydrogens (tertiary/aromatic N) is 5. The molecule has 1 unspecified atom stereocenters. The summed E-state index contributed by atoms with van der Waals surface area (Å²) in [5.41, 5.74) is 4.65. The molecule has 0 aliphatic carbocycles. The summed E-state index contributed by atoms with van der Waals surface area (Å²) in [5.74, 6) is 0.620. The first-order valence-electron chi connectivity index (χ1n) is 11.8. The standard InChI is InChI=1S/C25H30N6O3/c1-16-7-8-20(26-18(3)32)19(12-16)25(33)30-9-5-4-6-22(30)21-13-23-27-24(29-10-11-34-15-29)17(2)14-31(23)28-21/h7-8,12-14,22H,4-6,9-11,15H2,1-3H3,(H,26,32). The highest BCUT2D eigenvalue weighted by Crippen LogP contribution is 2.34. The van der Waals surface area contributed by atoms with E-state index >= 15 is 0 Å². The van der Waals surface area contributed by atoms with Gasteiger partial charge in [-0.25, -0.2) is 9.50 Å². The van der Waals surface area contributed by atoms with E-state index in [4.69, 9.17) is 14.8 Å². The molecule has 0 bridgehead atoms. The Bertz CT molecular complexity index is 1250. The Kier molecular flexibility index (Phi) is 5.95. The van der Waals surface area contributed by atoms with Gasteiger partial charge < -0.3 is 19.9 Å². The van der Waals surface area contributed by atoms with Crippen LogP contribution >= 0.6 is 0 Å². The Morgan fingerprint density at radius 3 is 2.76 bits per heavy atom. The lowest BCUT2D eigenvalue weighted by molar-refractivity contribution is -0.114. The number of likely N-dealkylation sites (tertiary alicyclic amines) is 1. The summed E-state index contributed by atoms with van der Waals surface area (Å²) in [6, 6.07) is 7.38. The van der Waals surface area contributed by atoms with E-state index < -0.39 is 0 Å². The minimum absolute atomic E-state index is 0.0896. The number of benzene rings is 1. The van der Waals surface area contributed by atoms with Gasteiger partial charge in [0.2, 0.25) is 5.91 Å². The van der Waals surface area contributed by atoms with Crippen molar-refractivity contribution in [3.63, 3.8) is 0 Å². The van der Waals surface area contributed by atoms with E-state index in [1.165, 1.54) is 6.92 Å². The molecule has 2 aliphatic heterocycles. The third-order valence-corrected chi connectivity index (χ3v) is 6.50. The smallest absolute Gasteiger partial charge is 0.256 e. The maximum Gasteiger partial charge on any atom is 0.256 e. The van der Waals surface area contributed by atoms with Crippen molar-refractivity contribution in [1.29, 1.82) is 0 Å². The third-order valence-electron chi connectivity index (χ3n) is 6.50. The molecular weight excluding hydrogens is 432 g/mol. The fourth-order valence-electron chi connectivity index (χ4n) is 4.85. The van der Waals surface area contributed by atoms with E-state index in [0.29, 0.717) is 31.1 Å². The Morgan fingerprint density at radius 1 is 1.15 bits per heavy atom. The molecule has 4 heterocycles. The van der Waals surface area contributed by atoms with Crippen molar-refractivity contribution < 1.29 is 14.3 Å². The van der Waals surface area contributed by atoms with E-state index in [2.05, 4.69) is 10.2 Å². The summed E-state index contributed by atoms with van der Waals surface area (Å²) in [6.45, 7) is 8.14. The summed E-state index contributed by atoms with van der Waals surface area (Å²) in [4.78, 5) is 34.3. The number of carbonyl (C=O) groups is 2. The van der Waals surface area contributed by atoms with E-state index in [-0.39, 0.29) is 17.9 Å². The van der Waals surface area contributed by atoms with Crippen LogP contribution in [0.3, 0.4) is 0 Å². The summed E-state index contributed by atoms with van der Waals surface area (Å²) in [6.07, 6.45) is 4.79. The van der Waals surface area contributed by atoms with Gasteiger partial charge in [-0.2, -0.15) is 5.10 Å². The minimum Gasteiger partial charge on any atom is -0.359 e. The molecule has 1 atom stereocenters. The van der Waals surface area contributed by atoms with E-state index in [0.717, 1.165) is 54.1 Å². The van der Waals surface area contributed by atoms with Crippen molar-refractivity contribution in [2.75, 3.05) is 36.6 Å². The van der Waals surface area contributed by atoms with Crippen LogP contribution in [0.1, 0.15) is 59.4 Å². The number of rotatable bonds is 4. The van der Waals surface area contributed by atoms with Gasteiger partial charge in [-0.05, 0) is 45.2 Å². The van der Waals surface area contributed by atoms with E-state index in [1.807, 2.05) is 43.1 Å². The van der Waals surface area contributed by atoms with Crippen LogP contribution in [-0.2, 0) is 9.53 Å². The van der Waals surface area contributed by atoms with E-state index in [1.54, 1.807) is 10.6 Å². The number of aromatic nitrogens is 3. The van der Waals surface area contributed by atoms with E-state index in [9.17, 15) is 9.59 Å². The summed E-state index contributed by atoms with van der Waals surface area (Å²) in [7, 11) is 0. The predicted molar refractivity (Wildman–Crippen MR) is 129 cm³/mol. The molecule has 34 heavy (non-hydrogen) atoms. The van der Waals surface area contributed by atoms with Gasteiger partial charge in [-0.3, -0.25) is 9.59 Å². The van der Waals surface area contributed by atoms with Crippen molar-refractivity contribution in [3.05, 3.63) is 52.8 Å². The number of fused-ring (bicyclic) bond motifs is 1. The van der Waals surface area contributed by atoms with Crippen LogP contribution in [0.15, 0.2) is 30.5 Å². The molecule has 1 aromatic carbocycles. The molecule has 0 spiro atoms. The quantitative estimate of drug-likeness (QED) is 0.638. The predicted octanol–water partition coefficient (Wildman–Crippen LogP) is 3.47. The minimum atomic E-state index is -0.200. The second-order valence-electron chi connectivity index (χ2n) is 9.16. The highest BCUT2D eigenvalue weighted by Gasteiger charge is 2.32. The van der Waals surface area contributed by atoms with Crippen LogP contribution in [0.5, 0.6) is 0 Å². The molecule has 2 aromatic heterocycles. The van der Waals surface area contributed by atoms with Gasteiger partial charge in [0.05, 0.1) is 29.6 Å². The summed E-state index contributed by atoms with van der Waals surface area (Å²) in [5, 5.41) is 7.63. The highest BCUT2D eigenvalue weighted by atomic mass is 16.5. The van der Waals surface area contributed by atoms with Gasteiger partial charge in [0, 0.05) is 37.8 Å². The van der Waals surface area contributed by atoms with Crippen LogP contribution in [0, 0.1) is 13.8 Å². The van der Waals surface area contributed by atoms with Crippen molar-refractivity contribution in [1.82, 2.24) is 19.5 Å². The number of piperidine rings is 1. The van der Waals surface area contributed by atoms with Gasteiger partial charge in [0.25, 0.3) is 5.91 Å². The zero-order valence-electron chi connectivity index (χ0n) is 19.9. The van der Waals surface area contributed by atoms with Gasteiger partial charge in [0.1, 0.15) is 12.5 Å². The van der Waals surface area contributed by atoms with Crippen LogP contribution in [0.2, 0.25) is 0 Å². The van der Waals surface area contributed by atoms with Gasteiger partial charge >= 0.3 is 0 Å². The number of anilines is 2. The Morgan fingerprint density at radius 2 is 2.00 bits per heavy atom. The first-order chi connectivity index (χ1) is 16.4. The lowest BCUT2D eigenvalue weighted by Crippen LogP contribution is -2.39. The largest absolute Gasteiger partial charge is 0.359 e. The highest BCUT2D eigenvalue weighted by molar-refractivity contribution is 6.03. The molecule has 9 nitrogen and oxygen atoms in total. The van der Waals surface area contributed by atoms with Crippen LogP contribution in [0.4, 0.5) is 11.5 Å². The first kappa shape index (κ1) is 22.3. The van der Waals surface area contributed by atoms with Crippen molar-refractivity contribution in [3.8, 4) is 0 Å². The SMILES string of the molecule is CC(=O)Nc1ccc(C)cc1C(=O)N1CCCCC1c1cc2nc(N3CCOC3)c(C)cn2n1. The molecule has 3 aromatic rings. The van der Waals surface area contributed by atoms with Gasteiger partial charge in [-0.1, -0.05) is 11.6 Å². The molecule has 9 heteroatoms. The molecule has 1 N–H and O–H groups in total. The summed E-state index contributed by atoms with van der Waals surface area (Å²) >= 11 is 0. The number of carbonyl (C=O) groups excluding carboxylic acids is 2. The Hall–Kier alpha value is -3.46. The Labute approximate surface area is 198 Å². The number of hydrogen-bond donors (Lipinski definition) is 1. The van der Waals surface area contributed by atoms with Crippen LogP contribution in [0.25, 0.3) is 5.65 Å². The molecule has 2 amide bonds. The molecule has 2 fully saturated rings. The molecule has 2 saturated heterocycles. The topological polar surface area (TPSA) is 92.1 Å². The number of ether oxygens (including phenoxy) is 1. The molecule has 178 valence electrons. The number of hydrogen-bond acceptors (Lipinski definition) is 6. The molecule has 5 rings (SSSR count). The zero-order chi connectivity index (χ0) is 23.8. The monoisotopic (exact) mass is 462 g/mol. The van der Waals surface area contributed by atoms with Gasteiger partial charge in [-0.15, -0.1) is 0 Å². The lowest BCUT2D eigenvalue weighted by Gasteiger charge is -2.35. The average molecular weight is 463 g/mol.